The van der Waals surface area contributed by atoms with Gasteiger partial charge in [0.2, 0.25) is 0 Å². The first-order valence-electron chi connectivity index (χ1n) is 6.97. The number of benzene rings is 1. The number of rotatable bonds is 2. The summed E-state index contributed by atoms with van der Waals surface area (Å²) >= 11 is 0. The van der Waals surface area contributed by atoms with E-state index in [1.54, 1.807) is 0 Å². The van der Waals surface area contributed by atoms with Crippen molar-refractivity contribution in [2.45, 2.75) is 32.1 Å². The fraction of sp³-hybridized carbons (Fsp3) is 0.278. The van der Waals surface area contributed by atoms with Crippen molar-refractivity contribution in [3.8, 4) is 0 Å². The molecule has 1 aromatic rings. The van der Waals surface area contributed by atoms with Crippen molar-refractivity contribution in [2.75, 3.05) is 0 Å². The van der Waals surface area contributed by atoms with Crippen LogP contribution in [-0.4, -0.2) is 5.78 Å². The third kappa shape index (κ3) is 2.21. The minimum absolute atomic E-state index is 0.274. The molecular formula is C18H18O. The minimum Gasteiger partial charge on any atom is -0.295 e. The Hall–Kier alpha value is -1.89. The van der Waals surface area contributed by atoms with Crippen molar-refractivity contribution in [1.82, 2.24) is 0 Å². The van der Waals surface area contributed by atoms with Crippen molar-refractivity contribution in [3.63, 3.8) is 0 Å². The van der Waals surface area contributed by atoms with E-state index in [-0.39, 0.29) is 5.78 Å². The molecule has 0 fully saturated rings. The summed E-state index contributed by atoms with van der Waals surface area (Å²) in [4.78, 5) is 11.6. The molecule has 0 amide bonds. The Morgan fingerprint density at radius 2 is 1.89 bits per heavy atom. The molecule has 2 aliphatic rings. The second kappa shape index (κ2) is 5.00. The van der Waals surface area contributed by atoms with E-state index in [2.05, 4.69) is 30.8 Å². The van der Waals surface area contributed by atoms with Gasteiger partial charge in [-0.1, -0.05) is 36.9 Å². The maximum Gasteiger partial charge on any atom is 0.155 e. The standard InChI is InChI=1S/C18H18O/c1-2-16-17-9-4-3-6-13(17)10-11-18(16)14-7-5-8-15(19)12-14/h2-4,6,9,12H,1,5,7-8,10-11H2. The molecule has 2 aliphatic carbocycles. The molecule has 96 valence electrons. The predicted molar refractivity (Wildman–Crippen MR) is 78.8 cm³/mol. The van der Waals surface area contributed by atoms with Crippen molar-refractivity contribution in [1.29, 1.82) is 0 Å². The van der Waals surface area contributed by atoms with Gasteiger partial charge in [-0.15, -0.1) is 0 Å². The molecule has 0 N–H and O–H groups in total. The van der Waals surface area contributed by atoms with E-state index in [9.17, 15) is 4.79 Å². The summed E-state index contributed by atoms with van der Waals surface area (Å²) in [5, 5.41) is 0. The molecular weight excluding hydrogens is 232 g/mol. The molecule has 0 spiro atoms. The number of aryl methyl sites for hydroxylation is 1. The molecule has 0 saturated heterocycles. The van der Waals surface area contributed by atoms with Crippen molar-refractivity contribution < 1.29 is 4.79 Å². The molecule has 1 aromatic carbocycles. The van der Waals surface area contributed by atoms with Gasteiger partial charge in [-0.25, -0.2) is 0 Å². The minimum atomic E-state index is 0.274. The van der Waals surface area contributed by atoms with Crippen LogP contribution in [0.2, 0.25) is 0 Å². The zero-order valence-electron chi connectivity index (χ0n) is 11.1. The van der Waals surface area contributed by atoms with Gasteiger partial charge < -0.3 is 0 Å². The number of carbonyl (C=O) groups is 1. The molecule has 0 unspecified atom stereocenters. The lowest BCUT2D eigenvalue weighted by Crippen LogP contribution is -2.10. The highest BCUT2D eigenvalue weighted by Crippen LogP contribution is 2.37. The molecule has 1 heteroatoms. The van der Waals surface area contributed by atoms with Crippen LogP contribution in [0.1, 0.15) is 36.8 Å². The van der Waals surface area contributed by atoms with Crippen LogP contribution < -0.4 is 0 Å². The smallest absolute Gasteiger partial charge is 0.155 e. The van der Waals surface area contributed by atoms with E-state index >= 15 is 0 Å². The summed E-state index contributed by atoms with van der Waals surface area (Å²) < 4.78 is 0. The van der Waals surface area contributed by atoms with Crippen LogP contribution in [0.15, 0.2) is 54.1 Å². The Labute approximate surface area is 114 Å². The van der Waals surface area contributed by atoms with Gasteiger partial charge in [0, 0.05) is 6.42 Å². The molecule has 1 nitrogen and oxygen atoms in total. The molecule has 0 heterocycles. The Morgan fingerprint density at radius 1 is 1.05 bits per heavy atom. The summed E-state index contributed by atoms with van der Waals surface area (Å²) in [6.45, 7) is 3.98. The lowest BCUT2D eigenvalue weighted by atomic mass is 9.80. The van der Waals surface area contributed by atoms with Crippen molar-refractivity contribution in [3.05, 3.63) is 65.3 Å². The molecule has 19 heavy (non-hydrogen) atoms. The number of hydrogen-bond donors (Lipinski definition) is 0. The summed E-state index contributed by atoms with van der Waals surface area (Å²) in [6, 6.07) is 8.52. The summed E-state index contributed by atoms with van der Waals surface area (Å²) in [6.07, 6.45) is 8.62. The summed E-state index contributed by atoms with van der Waals surface area (Å²) in [5.41, 5.74) is 6.48. The van der Waals surface area contributed by atoms with Crippen molar-refractivity contribution in [2.24, 2.45) is 0 Å². The van der Waals surface area contributed by atoms with Gasteiger partial charge in [0.1, 0.15) is 0 Å². The maximum atomic E-state index is 11.6. The summed E-state index contributed by atoms with van der Waals surface area (Å²) in [7, 11) is 0. The number of hydrogen-bond acceptors (Lipinski definition) is 1. The van der Waals surface area contributed by atoms with Gasteiger partial charge in [0.25, 0.3) is 0 Å². The van der Waals surface area contributed by atoms with E-state index < -0.39 is 0 Å². The van der Waals surface area contributed by atoms with E-state index in [1.165, 1.54) is 27.8 Å². The predicted octanol–water partition coefficient (Wildman–Crippen LogP) is 4.25. The second-order valence-electron chi connectivity index (χ2n) is 5.24. The SMILES string of the molecule is C=CC1=C(C2=CC(=O)CCC2)CCc2ccccc21. The second-order valence-corrected chi connectivity index (χ2v) is 5.24. The van der Waals surface area contributed by atoms with Crippen LogP contribution >= 0.6 is 0 Å². The zero-order chi connectivity index (χ0) is 13.2. The van der Waals surface area contributed by atoms with E-state index in [1.807, 2.05) is 12.2 Å². The Balaban J connectivity index is 2.12. The van der Waals surface area contributed by atoms with Crippen LogP contribution in [0.3, 0.4) is 0 Å². The highest BCUT2D eigenvalue weighted by atomic mass is 16.1. The van der Waals surface area contributed by atoms with E-state index in [0.29, 0.717) is 6.42 Å². The Kier molecular flexibility index (Phi) is 3.20. The van der Waals surface area contributed by atoms with E-state index in [4.69, 9.17) is 0 Å². The molecule has 0 bridgehead atoms. The van der Waals surface area contributed by atoms with Gasteiger partial charge in [0.05, 0.1) is 0 Å². The van der Waals surface area contributed by atoms with Gasteiger partial charge in [-0.2, -0.15) is 0 Å². The van der Waals surface area contributed by atoms with Crippen LogP contribution in [0, 0.1) is 0 Å². The van der Waals surface area contributed by atoms with Gasteiger partial charge in [-0.05, 0) is 59.6 Å². The normalized spacial score (nSPS) is 18.9. The van der Waals surface area contributed by atoms with Gasteiger partial charge in [-0.3, -0.25) is 4.79 Å². The third-order valence-corrected chi connectivity index (χ3v) is 4.07. The number of ketones is 1. The first kappa shape index (κ1) is 12.2. The van der Waals surface area contributed by atoms with Gasteiger partial charge >= 0.3 is 0 Å². The van der Waals surface area contributed by atoms with Crippen LogP contribution in [0.5, 0.6) is 0 Å². The Morgan fingerprint density at radius 3 is 2.68 bits per heavy atom. The lowest BCUT2D eigenvalue weighted by molar-refractivity contribution is -0.115. The zero-order valence-corrected chi connectivity index (χ0v) is 11.1. The first-order chi connectivity index (χ1) is 9.29. The van der Waals surface area contributed by atoms with Crippen LogP contribution in [0.4, 0.5) is 0 Å². The monoisotopic (exact) mass is 250 g/mol. The molecule has 0 aromatic heterocycles. The molecule has 3 rings (SSSR count). The first-order valence-corrected chi connectivity index (χ1v) is 6.97. The molecule has 0 saturated carbocycles. The molecule has 0 atom stereocenters. The number of fused-ring (bicyclic) bond motifs is 1. The molecule has 0 aliphatic heterocycles. The summed E-state index contributed by atoms with van der Waals surface area (Å²) in [5.74, 6) is 0.274. The highest BCUT2D eigenvalue weighted by Gasteiger charge is 2.21. The highest BCUT2D eigenvalue weighted by molar-refractivity contribution is 5.93. The molecule has 0 radical (unpaired) electrons. The van der Waals surface area contributed by atoms with Crippen molar-refractivity contribution >= 4 is 11.4 Å². The number of carbonyl (C=O) groups excluding carboxylic acids is 1. The number of allylic oxidation sites excluding steroid dienone is 5. The average Bonchev–Trinajstić information content (AvgIpc) is 2.46. The fourth-order valence-corrected chi connectivity index (χ4v) is 3.15. The Bertz CT molecular complexity index is 602. The topological polar surface area (TPSA) is 17.1 Å². The van der Waals surface area contributed by atoms with Crippen LogP contribution in [-0.2, 0) is 11.2 Å². The third-order valence-electron chi connectivity index (χ3n) is 4.07. The average molecular weight is 250 g/mol. The quantitative estimate of drug-likeness (QED) is 0.766. The van der Waals surface area contributed by atoms with Gasteiger partial charge in [0.15, 0.2) is 5.78 Å². The van der Waals surface area contributed by atoms with Crippen LogP contribution in [0.25, 0.3) is 5.57 Å². The largest absolute Gasteiger partial charge is 0.295 e. The lowest BCUT2D eigenvalue weighted by Gasteiger charge is -2.25. The fourth-order valence-electron chi connectivity index (χ4n) is 3.15. The maximum absolute atomic E-state index is 11.6. The van der Waals surface area contributed by atoms with E-state index in [0.717, 1.165) is 25.7 Å².